The second-order valence-corrected chi connectivity index (χ2v) is 5.83. The van der Waals surface area contributed by atoms with Gasteiger partial charge >= 0.3 is 11.9 Å². The van der Waals surface area contributed by atoms with Crippen molar-refractivity contribution in [3.8, 4) is 12.3 Å². The lowest BCUT2D eigenvalue weighted by Gasteiger charge is -2.35. The summed E-state index contributed by atoms with van der Waals surface area (Å²) in [6.07, 6.45) is 9.18. The van der Waals surface area contributed by atoms with E-state index >= 15 is 0 Å². The highest BCUT2D eigenvalue weighted by Crippen LogP contribution is 2.41. The molecule has 1 fully saturated rings. The molecular weight excluding hydrogens is 296 g/mol. The van der Waals surface area contributed by atoms with E-state index in [0.29, 0.717) is 12.8 Å². The lowest BCUT2D eigenvalue weighted by molar-refractivity contribution is -0.177. The summed E-state index contributed by atoms with van der Waals surface area (Å²) >= 11 is 0. The quantitative estimate of drug-likeness (QED) is 0.427. The van der Waals surface area contributed by atoms with Crippen molar-refractivity contribution in [1.82, 2.24) is 0 Å². The largest absolute Gasteiger partial charge is 0.465 e. The van der Waals surface area contributed by atoms with Gasteiger partial charge in [0, 0.05) is 19.3 Å². The summed E-state index contributed by atoms with van der Waals surface area (Å²) in [6.45, 7) is 3.64. The summed E-state index contributed by atoms with van der Waals surface area (Å²) in [5.74, 6) is 0.671. The predicted octanol–water partition coefficient (Wildman–Crippen LogP) is 2.66. The molecule has 0 bridgehead atoms. The van der Waals surface area contributed by atoms with Crippen molar-refractivity contribution < 1.29 is 23.9 Å². The molecule has 0 aliphatic heterocycles. The maximum atomic E-state index is 12.6. The lowest BCUT2D eigenvalue weighted by Crippen LogP contribution is -2.48. The number of hydrogen-bond donors (Lipinski definition) is 0. The van der Waals surface area contributed by atoms with Gasteiger partial charge in [0.2, 0.25) is 0 Å². The molecule has 0 N–H and O–H groups in total. The summed E-state index contributed by atoms with van der Waals surface area (Å²) in [5.41, 5.74) is -1.58. The third-order valence-electron chi connectivity index (χ3n) is 4.34. The Labute approximate surface area is 138 Å². The van der Waals surface area contributed by atoms with E-state index < -0.39 is 23.3 Å². The Balaban J connectivity index is 3.26. The van der Waals surface area contributed by atoms with E-state index in [9.17, 15) is 14.4 Å². The van der Waals surface area contributed by atoms with E-state index in [1.54, 1.807) is 13.8 Å². The van der Waals surface area contributed by atoms with Gasteiger partial charge in [0.25, 0.3) is 0 Å². The average Bonchev–Trinajstić information content (AvgIpc) is 2.49. The molecule has 1 saturated carbocycles. The summed E-state index contributed by atoms with van der Waals surface area (Å²) in [7, 11) is 0. The lowest BCUT2D eigenvalue weighted by atomic mass is 9.67. The normalized spacial score (nSPS) is 19.2. The van der Waals surface area contributed by atoms with Gasteiger partial charge in [0.1, 0.15) is 5.78 Å². The van der Waals surface area contributed by atoms with Gasteiger partial charge in [-0.05, 0) is 32.6 Å². The number of Topliss-reactive ketones (excluding diaryl/α,β-unsaturated/α-hetero) is 1. The second kappa shape index (κ2) is 9.34. The molecule has 0 aromatic heterocycles. The smallest absolute Gasteiger partial charge is 0.324 e. The number of carbonyl (C=O) groups excluding carboxylic acids is 3. The van der Waals surface area contributed by atoms with Crippen LogP contribution >= 0.6 is 0 Å². The minimum atomic E-state index is -1.58. The first-order valence-electron chi connectivity index (χ1n) is 8.32. The van der Waals surface area contributed by atoms with Crippen molar-refractivity contribution in [2.75, 3.05) is 13.2 Å². The topological polar surface area (TPSA) is 69.7 Å². The van der Waals surface area contributed by atoms with Crippen LogP contribution in [0.2, 0.25) is 0 Å². The number of esters is 2. The highest BCUT2D eigenvalue weighted by molar-refractivity contribution is 6.01. The second-order valence-electron chi connectivity index (χ2n) is 5.83. The fraction of sp³-hybridized carbons (Fsp3) is 0.722. The zero-order valence-corrected chi connectivity index (χ0v) is 14.1. The number of carbonyl (C=O) groups is 3. The van der Waals surface area contributed by atoms with Crippen LogP contribution in [0.25, 0.3) is 0 Å². The van der Waals surface area contributed by atoms with E-state index in [2.05, 4.69) is 5.92 Å². The van der Waals surface area contributed by atoms with E-state index in [1.807, 2.05) is 0 Å². The molecule has 1 unspecified atom stereocenters. The van der Waals surface area contributed by atoms with Crippen LogP contribution in [0.5, 0.6) is 0 Å². The van der Waals surface area contributed by atoms with E-state index in [0.717, 1.165) is 19.3 Å². The molecule has 0 spiro atoms. The molecule has 23 heavy (non-hydrogen) atoms. The molecule has 5 heteroatoms. The molecular formula is C18H26O5. The van der Waals surface area contributed by atoms with Gasteiger partial charge in [-0.15, -0.1) is 12.3 Å². The monoisotopic (exact) mass is 322 g/mol. The first-order valence-corrected chi connectivity index (χ1v) is 8.32. The third kappa shape index (κ3) is 4.57. The van der Waals surface area contributed by atoms with Crippen LogP contribution in [0.4, 0.5) is 0 Å². The molecule has 0 saturated heterocycles. The molecule has 1 aliphatic rings. The van der Waals surface area contributed by atoms with Crippen molar-refractivity contribution in [1.29, 1.82) is 0 Å². The minimum Gasteiger partial charge on any atom is -0.465 e. The fourth-order valence-corrected chi connectivity index (χ4v) is 3.18. The predicted molar refractivity (Wildman–Crippen MR) is 85.3 cm³/mol. The third-order valence-corrected chi connectivity index (χ3v) is 4.34. The number of ketones is 1. The molecule has 0 heterocycles. The van der Waals surface area contributed by atoms with Gasteiger partial charge in [-0.3, -0.25) is 14.4 Å². The Kier molecular flexibility index (Phi) is 7.80. The maximum Gasteiger partial charge on any atom is 0.324 e. The van der Waals surface area contributed by atoms with Crippen LogP contribution in [0.15, 0.2) is 0 Å². The van der Waals surface area contributed by atoms with Crippen LogP contribution in [-0.4, -0.2) is 30.9 Å². The van der Waals surface area contributed by atoms with Gasteiger partial charge in [-0.2, -0.15) is 0 Å². The van der Waals surface area contributed by atoms with Gasteiger partial charge in [0.05, 0.1) is 13.2 Å². The average molecular weight is 322 g/mol. The van der Waals surface area contributed by atoms with Gasteiger partial charge in [0.15, 0.2) is 5.41 Å². The summed E-state index contributed by atoms with van der Waals surface area (Å²) in [5, 5.41) is 0. The number of terminal acetylenes is 1. The molecule has 0 amide bonds. The Morgan fingerprint density at radius 2 is 1.78 bits per heavy atom. The van der Waals surface area contributed by atoms with Crippen LogP contribution in [0.3, 0.4) is 0 Å². The Morgan fingerprint density at radius 3 is 2.30 bits per heavy atom. The standard InChI is InChI=1S/C18H26O5/c1-4-12-18(16(20)22-5-2,17(21)23-6-3)14-10-8-7-9-11-15(19)13-14/h1,14H,5-13H2,2-3H3. The first kappa shape index (κ1) is 19.2. The van der Waals surface area contributed by atoms with E-state index in [4.69, 9.17) is 15.9 Å². The molecule has 5 nitrogen and oxygen atoms in total. The number of rotatable bonds is 6. The summed E-state index contributed by atoms with van der Waals surface area (Å²) in [6, 6.07) is 0. The molecule has 0 radical (unpaired) electrons. The highest BCUT2D eigenvalue weighted by atomic mass is 16.6. The van der Waals surface area contributed by atoms with Crippen LogP contribution in [-0.2, 0) is 23.9 Å². The summed E-state index contributed by atoms with van der Waals surface area (Å²) in [4.78, 5) is 37.4. The number of hydrogen-bond acceptors (Lipinski definition) is 5. The molecule has 1 atom stereocenters. The van der Waals surface area contributed by atoms with Crippen molar-refractivity contribution in [3.63, 3.8) is 0 Å². The zero-order chi connectivity index (χ0) is 17.3. The minimum absolute atomic E-state index is 0.0599. The molecule has 0 aromatic carbocycles. The summed E-state index contributed by atoms with van der Waals surface area (Å²) < 4.78 is 10.3. The van der Waals surface area contributed by atoms with Crippen molar-refractivity contribution in [3.05, 3.63) is 0 Å². The zero-order valence-electron chi connectivity index (χ0n) is 14.1. The molecule has 128 valence electrons. The fourth-order valence-electron chi connectivity index (χ4n) is 3.18. The van der Waals surface area contributed by atoms with Crippen LogP contribution in [0, 0.1) is 23.7 Å². The number of ether oxygens (including phenoxy) is 2. The van der Waals surface area contributed by atoms with Crippen molar-refractivity contribution in [2.24, 2.45) is 11.3 Å². The van der Waals surface area contributed by atoms with Gasteiger partial charge in [-0.1, -0.05) is 12.8 Å². The Hall–Kier alpha value is -1.83. The highest BCUT2D eigenvalue weighted by Gasteiger charge is 2.54. The SMILES string of the molecule is C#CCC(C(=O)OCC)(C(=O)OCC)C1CCCCCC(=O)C1. The van der Waals surface area contributed by atoms with Gasteiger partial charge < -0.3 is 9.47 Å². The Bertz CT molecular complexity index is 456. The molecule has 1 aliphatic carbocycles. The molecule has 0 aromatic rings. The van der Waals surface area contributed by atoms with Gasteiger partial charge in [-0.25, -0.2) is 0 Å². The molecule has 1 rings (SSSR count). The van der Waals surface area contributed by atoms with E-state index in [-0.39, 0.29) is 31.8 Å². The van der Waals surface area contributed by atoms with Crippen LogP contribution in [0.1, 0.15) is 58.8 Å². The van der Waals surface area contributed by atoms with Crippen LogP contribution < -0.4 is 0 Å². The van der Waals surface area contributed by atoms with E-state index in [1.165, 1.54) is 0 Å². The Morgan fingerprint density at radius 1 is 1.17 bits per heavy atom. The maximum absolute atomic E-state index is 12.6. The van der Waals surface area contributed by atoms with Crippen molar-refractivity contribution >= 4 is 17.7 Å². The van der Waals surface area contributed by atoms with Crippen molar-refractivity contribution in [2.45, 2.75) is 58.8 Å². The first-order chi connectivity index (χ1) is 11.0.